The fraction of sp³-hybridized carbons (Fsp3) is 1.00. The van der Waals surface area contributed by atoms with Crippen LogP contribution in [0.1, 0.15) is 12.8 Å². The Morgan fingerprint density at radius 2 is 0.708 bits per heavy atom. The van der Waals surface area contributed by atoms with E-state index in [1.165, 1.54) is 0 Å². The number of hydrogen-bond donors (Lipinski definition) is 9. The van der Waals surface area contributed by atoms with Crippen molar-refractivity contribution in [2.24, 2.45) is 0 Å². The summed E-state index contributed by atoms with van der Waals surface area (Å²) in [7, 11) is -14.0. The van der Waals surface area contributed by atoms with E-state index >= 15 is 0 Å². The molecule has 0 rings (SSSR count). The number of aliphatic hydroxyl groups is 3. The van der Waals surface area contributed by atoms with Crippen LogP contribution in [0.5, 0.6) is 0 Å². The van der Waals surface area contributed by atoms with Crippen LogP contribution in [-0.2, 0) is 31.2 Å². The SMILES string of the molecule is O=S(=O)(O)O.O=S(=O)(O)O.O=S(=O)(O)O.OCCC(O)CCO.[Na]. The zero-order chi connectivity index (χ0) is 19.9. The Balaban J connectivity index is -0.0000000677. The Hall–Kier alpha value is 0.490. The molecule has 147 valence electrons. The minimum atomic E-state index is -4.67. The quantitative estimate of drug-likeness (QED) is 0.154. The van der Waals surface area contributed by atoms with E-state index in [4.69, 9.17) is 67.9 Å². The molecule has 15 nitrogen and oxygen atoms in total. The Labute approximate surface area is 160 Å². The van der Waals surface area contributed by atoms with Crippen molar-refractivity contribution in [2.75, 3.05) is 13.2 Å². The molecule has 0 aliphatic heterocycles. The topological polar surface area (TPSA) is 284 Å². The van der Waals surface area contributed by atoms with Crippen LogP contribution in [-0.4, -0.2) is 117 Å². The molecule has 0 unspecified atom stereocenters. The van der Waals surface area contributed by atoms with Crippen molar-refractivity contribution in [2.45, 2.75) is 18.9 Å². The van der Waals surface area contributed by atoms with Gasteiger partial charge in [-0.2, -0.15) is 25.3 Å². The van der Waals surface area contributed by atoms with E-state index in [1.807, 2.05) is 0 Å². The molecule has 0 spiro atoms. The van der Waals surface area contributed by atoms with Gasteiger partial charge in [0, 0.05) is 42.8 Å². The fourth-order valence-corrected chi connectivity index (χ4v) is 0.442. The molecule has 9 N–H and O–H groups in total. The largest absolute Gasteiger partial charge is 0.396 e. The summed E-state index contributed by atoms with van der Waals surface area (Å²) in [6, 6.07) is 0. The van der Waals surface area contributed by atoms with Crippen molar-refractivity contribution in [3.63, 3.8) is 0 Å². The molecular weight excluding hydrogens is 419 g/mol. The molecule has 0 aromatic heterocycles. The van der Waals surface area contributed by atoms with E-state index in [0.717, 1.165) is 0 Å². The van der Waals surface area contributed by atoms with Gasteiger partial charge in [0.05, 0.1) is 6.10 Å². The van der Waals surface area contributed by atoms with Gasteiger partial charge in [-0.1, -0.05) is 0 Å². The predicted molar refractivity (Wildman–Crippen MR) is 77.7 cm³/mol. The minimum Gasteiger partial charge on any atom is -0.396 e. The summed E-state index contributed by atoms with van der Waals surface area (Å²) in [5.74, 6) is 0. The molecular formula is C5H18NaO15S3. The van der Waals surface area contributed by atoms with Gasteiger partial charge < -0.3 is 15.3 Å². The van der Waals surface area contributed by atoms with Crippen LogP contribution >= 0.6 is 0 Å². The first-order valence-electron chi connectivity index (χ1n) is 4.80. The monoisotopic (exact) mass is 437 g/mol. The summed E-state index contributed by atoms with van der Waals surface area (Å²) in [5.41, 5.74) is 0. The van der Waals surface area contributed by atoms with E-state index in [0.29, 0.717) is 12.8 Å². The third kappa shape index (κ3) is 247. The molecule has 0 aliphatic rings. The van der Waals surface area contributed by atoms with Crippen LogP contribution in [0.4, 0.5) is 0 Å². The molecule has 0 fully saturated rings. The summed E-state index contributed by atoms with van der Waals surface area (Å²) >= 11 is 0. The van der Waals surface area contributed by atoms with Crippen molar-refractivity contribution < 1.29 is 67.9 Å². The normalized spacial score (nSPS) is 10.8. The van der Waals surface area contributed by atoms with Gasteiger partial charge in [-0.05, 0) is 12.8 Å². The first kappa shape index (κ1) is 35.6. The molecule has 0 saturated carbocycles. The van der Waals surface area contributed by atoms with Gasteiger partial charge in [0.15, 0.2) is 0 Å². The zero-order valence-corrected chi connectivity index (χ0v) is 16.6. The van der Waals surface area contributed by atoms with Gasteiger partial charge in [0.1, 0.15) is 0 Å². The second-order valence-corrected chi connectivity index (χ2v) is 5.71. The third-order valence-corrected chi connectivity index (χ3v) is 0.925. The van der Waals surface area contributed by atoms with Crippen molar-refractivity contribution in [1.82, 2.24) is 0 Å². The predicted octanol–water partition coefficient (Wildman–Crippen LogP) is -3.23. The molecule has 0 aromatic rings. The molecule has 0 amide bonds. The van der Waals surface area contributed by atoms with Crippen LogP contribution in [0.25, 0.3) is 0 Å². The molecule has 0 saturated heterocycles. The maximum atomic E-state index is 8.74. The third-order valence-electron chi connectivity index (χ3n) is 0.925. The van der Waals surface area contributed by atoms with Gasteiger partial charge in [-0.25, -0.2) is 0 Å². The number of aliphatic hydroxyl groups excluding tert-OH is 3. The second-order valence-electron chi connectivity index (χ2n) is 3.02. The van der Waals surface area contributed by atoms with Crippen molar-refractivity contribution >= 4 is 60.8 Å². The number of hydrogen-bond acceptors (Lipinski definition) is 9. The van der Waals surface area contributed by atoms with E-state index in [-0.39, 0.29) is 42.8 Å². The molecule has 0 aromatic carbocycles. The van der Waals surface area contributed by atoms with Crippen LogP contribution < -0.4 is 0 Å². The first-order valence-corrected chi connectivity index (χ1v) is 8.99. The molecule has 24 heavy (non-hydrogen) atoms. The Bertz CT molecular complexity index is 449. The van der Waals surface area contributed by atoms with Gasteiger partial charge >= 0.3 is 31.2 Å². The van der Waals surface area contributed by atoms with Crippen molar-refractivity contribution in [1.29, 1.82) is 0 Å². The summed E-state index contributed by atoms with van der Waals surface area (Å²) in [4.78, 5) is 0. The maximum Gasteiger partial charge on any atom is 0.394 e. The summed E-state index contributed by atoms with van der Waals surface area (Å²) in [5, 5.41) is 25.2. The Morgan fingerprint density at radius 1 is 0.583 bits per heavy atom. The molecule has 0 atom stereocenters. The molecule has 0 aliphatic carbocycles. The Kier molecular flexibility index (Phi) is 27.1. The number of rotatable bonds is 4. The first-order chi connectivity index (χ1) is 9.81. The summed E-state index contributed by atoms with van der Waals surface area (Å²) < 4.78 is 94.8. The average Bonchev–Trinajstić information content (AvgIpc) is 2.09. The van der Waals surface area contributed by atoms with Crippen molar-refractivity contribution in [3.05, 3.63) is 0 Å². The second kappa shape index (κ2) is 18.3. The van der Waals surface area contributed by atoms with Gasteiger partial charge in [-0.15, -0.1) is 0 Å². The van der Waals surface area contributed by atoms with E-state index < -0.39 is 37.3 Å². The smallest absolute Gasteiger partial charge is 0.394 e. The molecule has 0 bridgehead atoms. The maximum absolute atomic E-state index is 8.74. The van der Waals surface area contributed by atoms with E-state index in [2.05, 4.69) is 0 Å². The minimum absolute atomic E-state index is 0. The summed E-state index contributed by atoms with van der Waals surface area (Å²) in [6.45, 7) is -0.0255. The van der Waals surface area contributed by atoms with Crippen LogP contribution in [0.2, 0.25) is 0 Å². The van der Waals surface area contributed by atoms with E-state index in [1.54, 1.807) is 0 Å². The van der Waals surface area contributed by atoms with E-state index in [9.17, 15) is 0 Å². The average molecular weight is 437 g/mol. The summed E-state index contributed by atoms with van der Waals surface area (Å²) in [6.07, 6.45) is 0.186. The van der Waals surface area contributed by atoms with Gasteiger partial charge in [0.2, 0.25) is 0 Å². The fourth-order valence-electron chi connectivity index (χ4n) is 0.442. The van der Waals surface area contributed by atoms with Crippen LogP contribution in [0.15, 0.2) is 0 Å². The van der Waals surface area contributed by atoms with Crippen LogP contribution in [0, 0.1) is 0 Å². The standard InChI is InChI=1S/C5H12O3.Na.3H2O4S/c6-3-1-5(8)2-4-7;;3*1-5(2,3)4/h5-8H,1-4H2;;3*(H2,1,2,3,4). The van der Waals surface area contributed by atoms with Crippen molar-refractivity contribution in [3.8, 4) is 0 Å². The molecule has 19 heteroatoms. The molecule has 1 radical (unpaired) electrons. The Morgan fingerprint density at radius 3 is 0.792 bits per heavy atom. The van der Waals surface area contributed by atoms with Gasteiger partial charge in [-0.3, -0.25) is 27.3 Å². The zero-order valence-electron chi connectivity index (χ0n) is 12.1. The van der Waals surface area contributed by atoms with Crippen LogP contribution in [0.3, 0.4) is 0 Å². The van der Waals surface area contributed by atoms with Gasteiger partial charge in [0.25, 0.3) is 0 Å². The molecule has 0 heterocycles.